The van der Waals surface area contributed by atoms with Gasteiger partial charge in [-0.05, 0) is 25.5 Å². The van der Waals surface area contributed by atoms with Gasteiger partial charge in [0.05, 0.1) is 6.54 Å². The summed E-state index contributed by atoms with van der Waals surface area (Å²) in [5.41, 5.74) is -0.125. The lowest BCUT2D eigenvalue weighted by Crippen LogP contribution is -2.45. The van der Waals surface area contributed by atoms with Crippen LogP contribution in [0.1, 0.15) is 58.2 Å². The molecule has 0 aromatic carbocycles. The first-order chi connectivity index (χ1) is 10.9. The van der Waals surface area contributed by atoms with Crippen molar-refractivity contribution in [2.45, 2.75) is 69.7 Å². The van der Waals surface area contributed by atoms with Crippen LogP contribution in [-0.4, -0.2) is 40.7 Å². The summed E-state index contributed by atoms with van der Waals surface area (Å²) in [6, 6.07) is 0.489. The lowest BCUT2D eigenvalue weighted by atomic mass is 9.95. The Morgan fingerprint density at radius 3 is 2.78 bits per heavy atom. The van der Waals surface area contributed by atoms with E-state index in [0.29, 0.717) is 24.3 Å². The molecule has 0 aliphatic heterocycles. The molecular formula is C16H29N5OS. The lowest BCUT2D eigenvalue weighted by molar-refractivity contribution is 0.318. The summed E-state index contributed by atoms with van der Waals surface area (Å²) in [7, 11) is 1.79. The van der Waals surface area contributed by atoms with Crippen molar-refractivity contribution in [1.29, 1.82) is 0 Å². The van der Waals surface area contributed by atoms with E-state index in [1.54, 1.807) is 7.05 Å². The van der Waals surface area contributed by atoms with Crippen LogP contribution < -0.4 is 10.6 Å². The van der Waals surface area contributed by atoms with E-state index in [4.69, 9.17) is 4.52 Å². The zero-order chi connectivity index (χ0) is 16.9. The Balaban J connectivity index is 1.84. The second-order valence-corrected chi connectivity index (χ2v) is 8.20. The Kier molecular flexibility index (Phi) is 6.33. The van der Waals surface area contributed by atoms with Crippen molar-refractivity contribution < 1.29 is 4.52 Å². The number of nitrogens with one attached hydrogen (secondary N) is 2. The van der Waals surface area contributed by atoms with Crippen LogP contribution in [0.3, 0.4) is 0 Å². The summed E-state index contributed by atoms with van der Waals surface area (Å²) < 4.78 is 5.31. The number of hydrogen-bond acceptors (Lipinski definition) is 5. The van der Waals surface area contributed by atoms with Gasteiger partial charge in [0.1, 0.15) is 0 Å². The zero-order valence-electron chi connectivity index (χ0n) is 14.8. The van der Waals surface area contributed by atoms with Gasteiger partial charge in [-0.15, -0.1) is 0 Å². The summed E-state index contributed by atoms with van der Waals surface area (Å²) in [5.74, 6) is 2.12. The number of aromatic nitrogens is 2. The van der Waals surface area contributed by atoms with E-state index in [1.165, 1.54) is 25.7 Å². The molecule has 23 heavy (non-hydrogen) atoms. The Labute approximate surface area is 143 Å². The molecule has 1 aromatic rings. The number of thioether (sulfide) groups is 1. The van der Waals surface area contributed by atoms with Crippen molar-refractivity contribution in [3.8, 4) is 0 Å². The van der Waals surface area contributed by atoms with Crippen LogP contribution in [0, 0.1) is 0 Å². The smallest absolute Gasteiger partial charge is 0.232 e. The average molecular weight is 340 g/mol. The molecule has 0 amide bonds. The second kappa shape index (κ2) is 8.04. The molecule has 1 fully saturated rings. The van der Waals surface area contributed by atoms with E-state index < -0.39 is 0 Å². The normalized spacial score (nSPS) is 22.9. The minimum absolute atomic E-state index is 0.125. The van der Waals surface area contributed by atoms with E-state index in [2.05, 4.69) is 52.8 Å². The van der Waals surface area contributed by atoms with Crippen LogP contribution in [0.4, 0.5) is 0 Å². The summed E-state index contributed by atoms with van der Waals surface area (Å²) in [6.07, 6.45) is 7.19. The van der Waals surface area contributed by atoms with Crippen LogP contribution >= 0.6 is 11.8 Å². The Hall–Kier alpha value is -1.24. The third-order valence-electron chi connectivity index (χ3n) is 4.05. The molecule has 2 unspecified atom stereocenters. The van der Waals surface area contributed by atoms with Crippen LogP contribution in [0.2, 0.25) is 0 Å². The molecule has 2 atom stereocenters. The van der Waals surface area contributed by atoms with Crippen molar-refractivity contribution in [3.63, 3.8) is 0 Å². The predicted molar refractivity (Wildman–Crippen MR) is 95.9 cm³/mol. The van der Waals surface area contributed by atoms with E-state index in [9.17, 15) is 0 Å². The maximum atomic E-state index is 5.31. The van der Waals surface area contributed by atoms with Gasteiger partial charge in [0.15, 0.2) is 11.8 Å². The fraction of sp³-hybridized carbons (Fsp3) is 0.812. The number of nitrogens with zero attached hydrogens (tertiary/aromatic N) is 3. The fourth-order valence-corrected chi connectivity index (χ4v) is 3.50. The molecule has 0 saturated heterocycles. The summed E-state index contributed by atoms with van der Waals surface area (Å²) in [4.78, 5) is 8.74. The molecule has 2 rings (SSSR count). The minimum atomic E-state index is -0.125. The van der Waals surface area contributed by atoms with Crippen LogP contribution in [0.5, 0.6) is 0 Å². The van der Waals surface area contributed by atoms with Crippen LogP contribution in [-0.2, 0) is 12.0 Å². The molecule has 0 bridgehead atoms. The predicted octanol–water partition coefficient (Wildman–Crippen LogP) is 2.71. The zero-order valence-corrected chi connectivity index (χ0v) is 15.7. The van der Waals surface area contributed by atoms with Crippen molar-refractivity contribution >= 4 is 17.7 Å². The average Bonchev–Trinajstić information content (AvgIpc) is 3.00. The van der Waals surface area contributed by atoms with Crippen LogP contribution in [0.25, 0.3) is 0 Å². The van der Waals surface area contributed by atoms with Crippen LogP contribution in [0.15, 0.2) is 9.52 Å². The first kappa shape index (κ1) is 18.1. The molecule has 1 saturated carbocycles. The molecule has 0 spiro atoms. The fourth-order valence-electron chi connectivity index (χ4n) is 2.67. The summed E-state index contributed by atoms with van der Waals surface area (Å²) in [6.45, 7) is 6.69. The van der Waals surface area contributed by atoms with Gasteiger partial charge in [0.25, 0.3) is 0 Å². The molecule has 1 aliphatic carbocycles. The summed E-state index contributed by atoms with van der Waals surface area (Å²) >= 11 is 1.97. The highest BCUT2D eigenvalue weighted by Gasteiger charge is 2.23. The number of rotatable bonds is 4. The molecule has 1 aliphatic rings. The van der Waals surface area contributed by atoms with Gasteiger partial charge in [-0.25, -0.2) is 0 Å². The van der Waals surface area contributed by atoms with E-state index in [-0.39, 0.29) is 5.41 Å². The Morgan fingerprint density at radius 1 is 1.39 bits per heavy atom. The first-order valence-electron chi connectivity index (χ1n) is 8.25. The van der Waals surface area contributed by atoms with Gasteiger partial charge in [-0.1, -0.05) is 32.3 Å². The highest BCUT2D eigenvalue weighted by molar-refractivity contribution is 7.99. The SMILES string of the molecule is CN=C(NCc1noc(C(C)(C)C)n1)NC1CCCC(SC)C1. The highest BCUT2D eigenvalue weighted by atomic mass is 32.2. The van der Waals surface area contributed by atoms with Gasteiger partial charge in [-0.3, -0.25) is 4.99 Å². The number of hydrogen-bond donors (Lipinski definition) is 2. The van der Waals surface area contributed by atoms with Gasteiger partial charge < -0.3 is 15.2 Å². The topological polar surface area (TPSA) is 75.3 Å². The lowest BCUT2D eigenvalue weighted by Gasteiger charge is -2.29. The monoisotopic (exact) mass is 339 g/mol. The first-order valence-corrected chi connectivity index (χ1v) is 9.54. The number of aliphatic imine (C=N–C) groups is 1. The molecule has 1 heterocycles. The Morgan fingerprint density at radius 2 is 2.17 bits per heavy atom. The standard InChI is InChI=1S/C16H29N5OS/c1-16(2,3)14-20-13(21-22-14)10-18-15(17-4)19-11-7-6-8-12(9-11)23-5/h11-12H,6-10H2,1-5H3,(H2,17,18,19). The quantitative estimate of drug-likeness (QED) is 0.649. The molecule has 1 aromatic heterocycles. The number of guanidine groups is 1. The molecule has 6 nitrogen and oxygen atoms in total. The Bertz CT molecular complexity index is 523. The van der Waals surface area contributed by atoms with Crippen molar-refractivity contribution in [2.24, 2.45) is 4.99 Å². The second-order valence-electron chi connectivity index (χ2n) is 7.06. The van der Waals surface area contributed by atoms with Gasteiger partial charge in [0.2, 0.25) is 5.89 Å². The molecular weight excluding hydrogens is 310 g/mol. The van der Waals surface area contributed by atoms with Crippen molar-refractivity contribution in [2.75, 3.05) is 13.3 Å². The summed E-state index contributed by atoms with van der Waals surface area (Å²) in [5, 5.41) is 11.6. The van der Waals surface area contributed by atoms with Gasteiger partial charge in [-0.2, -0.15) is 16.7 Å². The highest BCUT2D eigenvalue weighted by Crippen LogP contribution is 2.26. The van der Waals surface area contributed by atoms with Gasteiger partial charge in [0, 0.05) is 23.8 Å². The largest absolute Gasteiger partial charge is 0.354 e. The van der Waals surface area contributed by atoms with E-state index in [1.807, 2.05) is 11.8 Å². The third-order valence-corrected chi connectivity index (χ3v) is 5.14. The molecule has 130 valence electrons. The van der Waals surface area contributed by atoms with E-state index in [0.717, 1.165) is 11.2 Å². The molecule has 7 heteroatoms. The van der Waals surface area contributed by atoms with Crippen molar-refractivity contribution in [1.82, 2.24) is 20.8 Å². The third kappa shape index (κ3) is 5.41. The minimum Gasteiger partial charge on any atom is -0.354 e. The maximum absolute atomic E-state index is 5.31. The maximum Gasteiger partial charge on any atom is 0.232 e. The van der Waals surface area contributed by atoms with E-state index >= 15 is 0 Å². The molecule has 0 radical (unpaired) electrons. The van der Waals surface area contributed by atoms with Crippen molar-refractivity contribution in [3.05, 3.63) is 11.7 Å². The van der Waals surface area contributed by atoms with Gasteiger partial charge >= 0.3 is 0 Å². The molecule has 2 N–H and O–H groups in total.